The molecule has 3 aliphatic rings. The summed E-state index contributed by atoms with van der Waals surface area (Å²) in [6.45, 7) is 3.78. The van der Waals surface area contributed by atoms with E-state index in [-0.39, 0.29) is 35.7 Å². The van der Waals surface area contributed by atoms with Gasteiger partial charge in [-0.05, 0) is 61.7 Å². The summed E-state index contributed by atoms with van der Waals surface area (Å²) in [6, 6.07) is 10.9. The quantitative estimate of drug-likeness (QED) is 0.271. The summed E-state index contributed by atoms with van der Waals surface area (Å²) < 4.78 is 36.9. The number of methoxy groups -OCH3 is 2. The van der Waals surface area contributed by atoms with Crippen LogP contribution < -0.4 is 30.1 Å². The van der Waals surface area contributed by atoms with E-state index in [1.807, 2.05) is 49.3 Å². The van der Waals surface area contributed by atoms with Gasteiger partial charge in [0.1, 0.15) is 23.4 Å². The Kier molecular flexibility index (Phi) is 8.19. The van der Waals surface area contributed by atoms with Crippen LogP contribution in [-0.2, 0) is 29.7 Å². The molecular weight excluding hydrogens is 662 g/mol. The van der Waals surface area contributed by atoms with Crippen LogP contribution in [0, 0.1) is 0 Å². The molecule has 2 saturated heterocycles. The van der Waals surface area contributed by atoms with Crippen LogP contribution in [0.15, 0.2) is 53.6 Å². The lowest BCUT2D eigenvalue weighted by atomic mass is 9.97. The summed E-state index contributed by atoms with van der Waals surface area (Å²) >= 11 is 0. The van der Waals surface area contributed by atoms with Crippen molar-refractivity contribution < 1.29 is 28.0 Å². The molecule has 7 rings (SSSR count). The highest BCUT2D eigenvalue weighted by atomic mass is 16.5. The topological polar surface area (TPSA) is 130 Å². The molecule has 5 heterocycles. The number of anilines is 2. The standard InChI is InChI=1S/C39H45N7O6/c1-22-17-44(26-9-8-24-19-46(39(50)27(24)14-26)32-10-11-36(47)41-37(32)48)18-23(2)45(22)21-31-33(51-6)12-25(13-34(31)52-7)30-20-43(5)38(49)29-16-40-35(42(3)4)15-28(29)30/h8-9,12-16,20,22-23,32H,10-11,17-19,21H2,1-7H3,(H,41,47,48)/t22-,23-,32?/m1/s1/i5D3. The number of carbonyl (C=O) groups is 3. The van der Waals surface area contributed by atoms with E-state index in [1.165, 1.54) is 12.4 Å². The van der Waals surface area contributed by atoms with Gasteiger partial charge >= 0.3 is 0 Å². The maximum Gasteiger partial charge on any atom is 0.259 e. The van der Waals surface area contributed by atoms with Crippen molar-refractivity contribution in [3.63, 3.8) is 0 Å². The van der Waals surface area contributed by atoms with E-state index in [0.29, 0.717) is 72.0 Å². The van der Waals surface area contributed by atoms with Gasteiger partial charge in [-0.15, -0.1) is 0 Å². The number of piperazine rings is 1. The third-order valence-electron chi connectivity index (χ3n) is 10.6. The Morgan fingerprint density at radius 1 is 0.962 bits per heavy atom. The van der Waals surface area contributed by atoms with Crippen molar-refractivity contribution in [1.29, 1.82) is 0 Å². The number of imide groups is 1. The van der Waals surface area contributed by atoms with Crippen LogP contribution in [-0.4, -0.2) is 96.6 Å². The molecule has 272 valence electrons. The van der Waals surface area contributed by atoms with Crippen LogP contribution in [0.5, 0.6) is 11.5 Å². The van der Waals surface area contributed by atoms with Gasteiger partial charge in [-0.25, -0.2) is 4.98 Å². The van der Waals surface area contributed by atoms with E-state index in [9.17, 15) is 19.2 Å². The zero-order chi connectivity index (χ0) is 39.5. The van der Waals surface area contributed by atoms with Gasteiger partial charge < -0.3 is 28.7 Å². The van der Waals surface area contributed by atoms with Crippen molar-refractivity contribution in [2.75, 3.05) is 51.2 Å². The molecule has 3 aliphatic heterocycles. The fourth-order valence-electron chi connectivity index (χ4n) is 7.80. The fourth-order valence-corrected chi connectivity index (χ4v) is 7.80. The van der Waals surface area contributed by atoms with Crippen molar-refractivity contribution in [1.82, 2.24) is 24.7 Å². The lowest BCUT2D eigenvalue weighted by Crippen LogP contribution is -2.56. The lowest BCUT2D eigenvalue weighted by molar-refractivity contribution is -0.136. The number of benzene rings is 2. The van der Waals surface area contributed by atoms with Crippen molar-refractivity contribution in [2.45, 2.75) is 57.9 Å². The summed E-state index contributed by atoms with van der Waals surface area (Å²) in [5.41, 5.74) is 3.66. The van der Waals surface area contributed by atoms with Crippen LogP contribution in [0.2, 0.25) is 0 Å². The van der Waals surface area contributed by atoms with Gasteiger partial charge in [-0.2, -0.15) is 0 Å². The Bertz CT molecular complexity index is 2240. The first kappa shape index (κ1) is 31.3. The number of aromatic nitrogens is 2. The number of hydrogen-bond donors (Lipinski definition) is 1. The molecule has 4 aromatic rings. The minimum atomic E-state index is -2.71. The van der Waals surface area contributed by atoms with Gasteiger partial charge in [-0.3, -0.25) is 29.4 Å². The number of nitrogens with zero attached hydrogens (tertiary/aromatic N) is 6. The Balaban J connectivity index is 1.16. The molecule has 0 aliphatic carbocycles. The predicted octanol–water partition coefficient (Wildman–Crippen LogP) is 3.54. The molecular formula is C39H45N7O6. The molecule has 2 aromatic carbocycles. The first-order valence-corrected chi connectivity index (χ1v) is 17.4. The summed E-state index contributed by atoms with van der Waals surface area (Å²) in [4.78, 5) is 63.5. The third-order valence-corrected chi connectivity index (χ3v) is 10.6. The molecule has 3 atom stereocenters. The summed E-state index contributed by atoms with van der Waals surface area (Å²) in [5.74, 6) is 0.772. The Morgan fingerprint density at radius 2 is 1.67 bits per heavy atom. The van der Waals surface area contributed by atoms with Crippen LogP contribution in [0.1, 0.15) is 52.3 Å². The first-order chi connectivity index (χ1) is 26.1. The second kappa shape index (κ2) is 13.6. The molecule has 0 spiro atoms. The van der Waals surface area contributed by atoms with Crippen molar-refractivity contribution in [3.05, 3.63) is 75.8 Å². The molecule has 1 unspecified atom stereocenters. The molecule has 3 amide bonds. The predicted molar refractivity (Wildman–Crippen MR) is 199 cm³/mol. The Hall–Kier alpha value is -5.43. The fraction of sp³-hybridized carbons (Fsp3) is 0.410. The zero-order valence-corrected chi connectivity index (χ0v) is 30.2. The van der Waals surface area contributed by atoms with E-state index in [2.05, 4.69) is 33.9 Å². The second-order valence-electron chi connectivity index (χ2n) is 14.1. The van der Waals surface area contributed by atoms with Gasteiger partial charge in [0.15, 0.2) is 0 Å². The molecule has 0 radical (unpaired) electrons. The number of fused-ring (bicyclic) bond motifs is 2. The number of hydrogen-bond acceptors (Lipinski definition) is 10. The van der Waals surface area contributed by atoms with Gasteiger partial charge in [0.05, 0.1) is 25.2 Å². The molecule has 52 heavy (non-hydrogen) atoms. The molecule has 13 nitrogen and oxygen atoms in total. The maximum atomic E-state index is 13.5. The van der Waals surface area contributed by atoms with Crippen LogP contribution in [0.3, 0.4) is 0 Å². The average Bonchev–Trinajstić information content (AvgIpc) is 3.47. The minimum absolute atomic E-state index is 0.0745. The van der Waals surface area contributed by atoms with Gasteiger partial charge in [0.2, 0.25) is 11.8 Å². The van der Waals surface area contributed by atoms with E-state index >= 15 is 0 Å². The number of rotatable bonds is 8. The van der Waals surface area contributed by atoms with Crippen LogP contribution in [0.4, 0.5) is 11.5 Å². The minimum Gasteiger partial charge on any atom is -0.496 e. The van der Waals surface area contributed by atoms with E-state index in [1.54, 1.807) is 25.2 Å². The van der Waals surface area contributed by atoms with E-state index in [0.717, 1.165) is 21.4 Å². The molecule has 1 N–H and O–H groups in total. The summed E-state index contributed by atoms with van der Waals surface area (Å²) in [7, 11) is 6.84. The molecule has 0 saturated carbocycles. The van der Waals surface area contributed by atoms with Gasteiger partial charge in [0, 0.05) is 104 Å². The largest absolute Gasteiger partial charge is 0.496 e. The summed E-state index contributed by atoms with van der Waals surface area (Å²) in [5, 5.41) is 3.09. The average molecular weight is 711 g/mol. The molecule has 13 heteroatoms. The number of ether oxygens (including phenoxy) is 2. The Morgan fingerprint density at radius 3 is 2.31 bits per heavy atom. The third kappa shape index (κ3) is 6.12. The highest BCUT2D eigenvalue weighted by Gasteiger charge is 2.40. The monoisotopic (exact) mass is 710 g/mol. The smallest absolute Gasteiger partial charge is 0.259 e. The first-order valence-electron chi connectivity index (χ1n) is 18.9. The molecule has 2 fully saturated rings. The second-order valence-corrected chi connectivity index (χ2v) is 14.1. The summed E-state index contributed by atoms with van der Waals surface area (Å²) in [6.07, 6.45) is 3.31. The number of pyridine rings is 2. The number of nitrogens with one attached hydrogen (secondary N) is 1. The van der Waals surface area contributed by atoms with Crippen LogP contribution in [0.25, 0.3) is 21.9 Å². The molecule has 2 aromatic heterocycles. The normalized spacial score (nSPS) is 21.8. The lowest BCUT2D eigenvalue weighted by Gasteiger charge is -2.45. The van der Waals surface area contributed by atoms with E-state index in [4.69, 9.17) is 13.6 Å². The SMILES string of the molecule is [2H]C([2H])([2H])n1cc(-c2cc(OC)c(CN3[C@H](C)CN(c4ccc5c(c4)C(=O)N(C4CCC(=O)NC4=O)C5)C[C@H]3C)c(OC)c2)c2cc(N(C)C)ncc2c1=O. The number of amides is 3. The van der Waals surface area contributed by atoms with Crippen molar-refractivity contribution >= 4 is 40.0 Å². The number of carbonyl (C=O) groups excluding carboxylic acids is 3. The van der Waals surface area contributed by atoms with Crippen molar-refractivity contribution in [2.24, 2.45) is 6.98 Å². The Labute approximate surface area is 306 Å². The highest BCUT2D eigenvalue weighted by molar-refractivity contribution is 6.05. The van der Waals surface area contributed by atoms with Crippen LogP contribution >= 0.6 is 0 Å². The zero-order valence-electron chi connectivity index (χ0n) is 33.2. The number of piperidine rings is 1. The maximum absolute atomic E-state index is 13.5. The van der Waals surface area contributed by atoms with Gasteiger partial charge in [-0.1, -0.05) is 6.07 Å². The van der Waals surface area contributed by atoms with E-state index < -0.39 is 24.5 Å². The van der Waals surface area contributed by atoms with Crippen molar-refractivity contribution in [3.8, 4) is 22.6 Å². The number of aryl methyl sites for hydroxylation is 1. The highest BCUT2D eigenvalue weighted by Crippen LogP contribution is 2.40. The van der Waals surface area contributed by atoms with Gasteiger partial charge in [0.25, 0.3) is 11.5 Å². The molecule has 0 bridgehead atoms.